The highest BCUT2D eigenvalue weighted by Gasteiger charge is 2.04. The number of nitrogens with zero attached hydrogens (tertiary/aromatic N) is 2. The Balaban J connectivity index is 2.49. The van der Waals surface area contributed by atoms with Crippen LogP contribution in [0.15, 0.2) is 30.6 Å². The van der Waals surface area contributed by atoms with Crippen molar-refractivity contribution in [3.05, 3.63) is 47.1 Å². The fourth-order valence-corrected chi connectivity index (χ4v) is 1.46. The van der Waals surface area contributed by atoms with Gasteiger partial charge in [-0.2, -0.15) is 0 Å². The molecule has 0 atom stereocenters. The number of aromatic nitrogens is 2. The van der Waals surface area contributed by atoms with E-state index in [9.17, 15) is 4.39 Å². The summed E-state index contributed by atoms with van der Waals surface area (Å²) >= 11 is 5.63. The van der Waals surface area contributed by atoms with Gasteiger partial charge in [0, 0.05) is 5.56 Å². The second kappa shape index (κ2) is 3.95. The van der Waals surface area contributed by atoms with Crippen LogP contribution in [-0.4, -0.2) is 9.97 Å². The Labute approximate surface area is 91.8 Å². The molecule has 2 aromatic rings. The molecule has 0 radical (unpaired) electrons. The minimum atomic E-state index is -0.252. The zero-order valence-corrected chi connectivity index (χ0v) is 8.79. The normalized spacial score (nSPS) is 10.3. The Bertz CT molecular complexity index is 482. The lowest BCUT2D eigenvalue weighted by Crippen LogP contribution is -1.89. The van der Waals surface area contributed by atoms with Crippen molar-refractivity contribution in [2.75, 3.05) is 0 Å². The molecule has 0 spiro atoms. The lowest BCUT2D eigenvalue weighted by Gasteiger charge is -2.04. The molecule has 2 rings (SSSR count). The molecule has 0 bridgehead atoms. The van der Waals surface area contributed by atoms with Gasteiger partial charge in [0.05, 0.1) is 18.1 Å². The highest BCUT2D eigenvalue weighted by Crippen LogP contribution is 2.21. The molecule has 2 nitrogen and oxygen atoms in total. The van der Waals surface area contributed by atoms with Crippen LogP contribution in [0.2, 0.25) is 5.15 Å². The van der Waals surface area contributed by atoms with Crippen molar-refractivity contribution in [3.8, 4) is 11.3 Å². The highest BCUT2D eigenvalue weighted by molar-refractivity contribution is 6.29. The third-order valence-electron chi connectivity index (χ3n) is 2.08. The van der Waals surface area contributed by atoms with Gasteiger partial charge in [0.15, 0.2) is 0 Å². The van der Waals surface area contributed by atoms with Gasteiger partial charge in [-0.15, -0.1) is 0 Å². The first-order valence-electron chi connectivity index (χ1n) is 4.41. The lowest BCUT2D eigenvalue weighted by atomic mass is 10.1. The number of aryl methyl sites for hydroxylation is 1. The molecule has 0 aliphatic rings. The topological polar surface area (TPSA) is 25.8 Å². The van der Waals surface area contributed by atoms with E-state index in [4.69, 9.17) is 11.6 Å². The van der Waals surface area contributed by atoms with Crippen molar-refractivity contribution in [3.63, 3.8) is 0 Å². The third-order valence-corrected chi connectivity index (χ3v) is 2.28. The van der Waals surface area contributed by atoms with Crippen molar-refractivity contribution in [1.29, 1.82) is 0 Å². The van der Waals surface area contributed by atoms with Gasteiger partial charge in [-0.3, -0.25) is 4.98 Å². The number of hydrogen-bond acceptors (Lipinski definition) is 2. The SMILES string of the molecule is Cc1cc(F)ccc1-c1cnc(Cl)cn1. The summed E-state index contributed by atoms with van der Waals surface area (Å²) in [5.74, 6) is -0.252. The Hall–Kier alpha value is -1.48. The standard InChI is InChI=1S/C11H8ClFN2/c1-7-4-8(13)2-3-9(7)10-5-15-11(12)6-14-10/h2-6H,1H3. The van der Waals surface area contributed by atoms with Crippen LogP contribution in [0.25, 0.3) is 11.3 Å². The molecule has 4 heteroatoms. The van der Waals surface area contributed by atoms with E-state index in [-0.39, 0.29) is 5.82 Å². The molecule has 0 aliphatic carbocycles. The minimum absolute atomic E-state index is 0.252. The quantitative estimate of drug-likeness (QED) is 0.740. The summed E-state index contributed by atoms with van der Waals surface area (Å²) in [5.41, 5.74) is 2.38. The molecule has 0 fully saturated rings. The zero-order valence-electron chi connectivity index (χ0n) is 8.04. The number of benzene rings is 1. The lowest BCUT2D eigenvalue weighted by molar-refractivity contribution is 0.627. The van der Waals surface area contributed by atoms with Crippen molar-refractivity contribution in [1.82, 2.24) is 9.97 Å². The number of hydrogen-bond donors (Lipinski definition) is 0. The van der Waals surface area contributed by atoms with Crippen molar-refractivity contribution >= 4 is 11.6 Å². The van der Waals surface area contributed by atoms with E-state index >= 15 is 0 Å². The van der Waals surface area contributed by atoms with Crippen molar-refractivity contribution in [2.24, 2.45) is 0 Å². The van der Waals surface area contributed by atoms with Gasteiger partial charge >= 0.3 is 0 Å². The van der Waals surface area contributed by atoms with Gasteiger partial charge in [-0.25, -0.2) is 9.37 Å². The van der Waals surface area contributed by atoms with Gasteiger partial charge in [0.25, 0.3) is 0 Å². The first kappa shape index (κ1) is 10.1. The van der Waals surface area contributed by atoms with Gasteiger partial charge in [0.1, 0.15) is 11.0 Å². The van der Waals surface area contributed by atoms with Crippen LogP contribution in [0.5, 0.6) is 0 Å². The second-order valence-electron chi connectivity index (χ2n) is 3.18. The molecule has 0 saturated carbocycles. The molecule has 0 N–H and O–H groups in total. The number of rotatable bonds is 1. The molecule has 1 heterocycles. The average Bonchev–Trinajstić information content (AvgIpc) is 2.20. The molecule has 0 saturated heterocycles. The Morgan fingerprint density at radius 2 is 2.00 bits per heavy atom. The molecule has 0 unspecified atom stereocenters. The molecule has 0 aliphatic heterocycles. The number of halogens is 2. The van der Waals surface area contributed by atoms with E-state index in [1.807, 2.05) is 6.92 Å². The van der Waals surface area contributed by atoms with E-state index < -0.39 is 0 Å². The highest BCUT2D eigenvalue weighted by atomic mass is 35.5. The molecular formula is C11H8ClFN2. The largest absolute Gasteiger partial charge is 0.251 e. The minimum Gasteiger partial charge on any atom is -0.251 e. The van der Waals surface area contributed by atoms with Crippen LogP contribution in [0.3, 0.4) is 0 Å². The van der Waals surface area contributed by atoms with Gasteiger partial charge < -0.3 is 0 Å². The first-order valence-corrected chi connectivity index (χ1v) is 4.78. The third kappa shape index (κ3) is 2.13. The summed E-state index contributed by atoms with van der Waals surface area (Å²) in [6.07, 6.45) is 3.04. The predicted octanol–water partition coefficient (Wildman–Crippen LogP) is 3.24. The van der Waals surface area contributed by atoms with Crippen LogP contribution in [0, 0.1) is 12.7 Å². The van der Waals surface area contributed by atoms with Crippen LogP contribution < -0.4 is 0 Å². The predicted molar refractivity (Wildman–Crippen MR) is 57.2 cm³/mol. The van der Waals surface area contributed by atoms with Gasteiger partial charge in [0.2, 0.25) is 0 Å². The maximum Gasteiger partial charge on any atom is 0.147 e. The zero-order chi connectivity index (χ0) is 10.8. The summed E-state index contributed by atoms with van der Waals surface area (Å²) in [4.78, 5) is 8.05. The van der Waals surface area contributed by atoms with Gasteiger partial charge in [-0.05, 0) is 30.7 Å². The smallest absolute Gasteiger partial charge is 0.147 e. The molecule has 76 valence electrons. The summed E-state index contributed by atoms with van der Waals surface area (Å²) in [6.45, 7) is 1.83. The molecule has 1 aromatic carbocycles. The van der Waals surface area contributed by atoms with Gasteiger partial charge in [-0.1, -0.05) is 11.6 Å². The Morgan fingerprint density at radius 3 is 2.60 bits per heavy atom. The molecule has 15 heavy (non-hydrogen) atoms. The van der Waals surface area contributed by atoms with E-state index in [1.54, 1.807) is 12.3 Å². The maximum atomic E-state index is 12.9. The average molecular weight is 223 g/mol. The van der Waals surface area contributed by atoms with E-state index in [1.165, 1.54) is 18.3 Å². The Kier molecular flexibility index (Phi) is 2.64. The second-order valence-corrected chi connectivity index (χ2v) is 3.57. The summed E-state index contributed by atoms with van der Waals surface area (Å²) < 4.78 is 12.9. The Morgan fingerprint density at radius 1 is 1.20 bits per heavy atom. The van der Waals surface area contributed by atoms with Crippen molar-refractivity contribution < 1.29 is 4.39 Å². The molecule has 0 amide bonds. The molecular weight excluding hydrogens is 215 g/mol. The fourth-order valence-electron chi connectivity index (χ4n) is 1.37. The summed E-state index contributed by atoms with van der Waals surface area (Å²) in [7, 11) is 0. The molecule has 1 aromatic heterocycles. The fraction of sp³-hybridized carbons (Fsp3) is 0.0909. The van der Waals surface area contributed by atoms with E-state index in [0.717, 1.165) is 11.1 Å². The van der Waals surface area contributed by atoms with Crippen LogP contribution in [0.1, 0.15) is 5.56 Å². The van der Waals surface area contributed by atoms with E-state index in [2.05, 4.69) is 9.97 Å². The van der Waals surface area contributed by atoms with Crippen LogP contribution in [-0.2, 0) is 0 Å². The van der Waals surface area contributed by atoms with Crippen LogP contribution in [0.4, 0.5) is 4.39 Å². The van der Waals surface area contributed by atoms with E-state index in [0.29, 0.717) is 10.8 Å². The first-order chi connectivity index (χ1) is 7.16. The monoisotopic (exact) mass is 222 g/mol. The van der Waals surface area contributed by atoms with Crippen LogP contribution >= 0.6 is 11.6 Å². The summed E-state index contributed by atoms with van der Waals surface area (Å²) in [6, 6.07) is 4.55. The maximum absolute atomic E-state index is 12.9. The van der Waals surface area contributed by atoms with Crippen molar-refractivity contribution in [2.45, 2.75) is 6.92 Å². The summed E-state index contributed by atoms with van der Waals surface area (Å²) in [5, 5.41) is 0.346.